The van der Waals surface area contributed by atoms with Gasteiger partial charge in [-0.2, -0.15) is 0 Å². The van der Waals surface area contributed by atoms with Crippen LogP contribution in [0, 0.1) is 0 Å². The lowest BCUT2D eigenvalue weighted by Gasteiger charge is -2.11. The fraction of sp³-hybridized carbons (Fsp3) is 0.300. The second-order valence-corrected chi connectivity index (χ2v) is 3.20. The van der Waals surface area contributed by atoms with Gasteiger partial charge in [-0.3, -0.25) is 4.79 Å². The molecule has 0 heterocycles. The molecule has 0 saturated carbocycles. The molecule has 0 radical (unpaired) electrons. The Morgan fingerprint density at radius 1 is 1.24 bits per heavy atom. The molecule has 0 unspecified atom stereocenters. The van der Waals surface area contributed by atoms with Crippen molar-refractivity contribution < 1.29 is 31.5 Å². The van der Waals surface area contributed by atoms with Crippen molar-refractivity contribution in [2.75, 3.05) is 0 Å². The van der Waals surface area contributed by atoms with Gasteiger partial charge in [0.05, 0.1) is 0 Å². The number of carbonyl (C=O) groups excluding carboxylic acids is 1. The van der Waals surface area contributed by atoms with Crippen molar-refractivity contribution in [2.24, 2.45) is 0 Å². The minimum absolute atomic E-state index is 0.262. The highest BCUT2D eigenvalue weighted by Crippen LogP contribution is 2.29. The van der Waals surface area contributed by atoms with E-state index in [-0.39, 0.29) is 5.56 Å². The van der Waals surface area contributed by atoms with Gasteiger partial charge >= 0.3 is 6.36 Å². The van der Waals surface area contributed by atoms with Gasteiger partial charge in [-0.15, -0.1) is 13.2 Å². The molecule has 1 rings (SSSR count). The molecule has 0 aliphatic rings. The SMILES string of the molecule is CC(=O)c1cc(OC(F)(F)F)cc(C(F)F)c1. The van der Waals surface area contributed by atoms with Crippen molar-refractivity contribution in [2.45, 2.75) is 19.7 Å². The molecule has 7 heteroatoms. The first-order valence-electron chi connectivity index (χ1n) is 4.39. The summed E-state index contributed by atoms with van der Waals surface area (Å²) in [5, 5.41) is 0. The Morgan fingerprint density at radius 2 is 1.82 bits per heavy atom. The number of Topliss-reactive ketones (excluding diaryl/α,β-unsaturated/α-hetero) is 1. The van der Waals surface area contributed by atoms with E-state index in [2.05, 4.69) is 4.74 Å². The van der Waals surface area contributed by atoms with E-state index in [0.717, 1.165) is 19.1 Å². The molecular weight excluding hydrogens is 247 g/mol. The molecule has 94 valence electrons. The van der Waals surface area contributed by atoms with E-state index in [1.165, 1.54) is 0 Å². The Kier molecular flexibility index (Phi) is 3.69. The normalized spacial score (nSPS) is 11.7. The van der Waals surface area contributed by atoms with Crippen LogP contribution in [-0.2, 0) is 0 Å². The second-order valence-electron chi connectivity index (χ2n) is 3.20. The largest absolute Gasteiger partial charge is 0.573 e. The number of rotatable bonds is 3. The van der Waals surface area contributed by atoms with E-state index >= 15 is 0 Å². The van der Waals surface area contributed by atoms with Crippen molar-refractivity contribution in [1.82, 2.24) is 0 Å². The first-order chi connectivity index (χ1) is 7.69. The number of carbonyl (C=O) groups is 1. The third-order valence-corrected chi connectivity index (χ3v) is 1.82. The Labute approximate surface area is 93.0 Å². The predicted octanol–water partition coefficient (Wildman–Crippen LogP) is 3.73. The number of ketones is 1. The molecule has 17 heavy (non-hydrogen) atoms. The molecule has 0 bridgehead atoms. The fourth-order valence-corrected chi connectivity index (χ4v) is 1.14. The summed E-state index contributed by atoms with van der Waals surface area (Å²) >= 11 is 0. The molecule has 0 aliphatic heterocycles. The van der Waals surface area contributed by atoms with E-state index in [0.29, 0.717) is 6.07 Å². The molecule has 0 amide bonds. The van der Waals surface area contributed by atoms with Crippen LogP contribution >= 0.6 is 0 Å². The molecule has 0 atom stereocenters. The maximum absolute atomic E-state index is 12.4. The number of hydrogen-bond acceptors (Lipinski definition) is 2. The lowest BCUT2D eigenvalue weighted by Crippen LogP contribution is -2.17. The predicted molar refractivity (Wildman–Crippen MR) is 48.1 cm³/mol. The van der Waals surface area contributed by atoms with Crippen molar-refractivity contribution in [1.29, 1.82) is 0 Å². The monoisotopic (exact) mass is 254 g/mol. The Bertz CT molecular complexity index is 425. The van der Waals surface area contributed by atoms with Gasteiger partial charge in [-0.1, -0.05) is 0 Å². The minimum Gasteiger partial charge on any atom is -0.406 e. The summed E-state index contributed by atoms with van der Waals surface area (Å²) in [6, 6.07) is 2.14. The fourth-order valence-electron chi connectivity index (χ4n) is 1.14. The maximum atomic E-state index is 12.4. The third-order valence-electron chi connectivity index (χ3n) is 1.82. The van der Waals surface area contributed by atoms with Crippen LogP contribution in [0.5, 0.6) is 5.75 Å². The number of alkyl halides is 5. The molecule has 0 fully saturated rings. The Morgan fingerprint density at radius 3 is 2.24 bits per heavy atom. The molecule has 2 nitrogen and oxygen atoms in total. The zero-order valence-corrected chi connectivity index (χ0v) is 8.52. The molecule has 0 aliphatic carbocycles. The number of ether oxygens (including phenoxy) is 1. The average molecular weight is 254 g/mol. The number of halogens is 5. The van der Waals surface area contributed by atoms with Gasteiger partial charge in [0, 0.05) is 11.1 Å². The summed E-state index contributed by atoms with van der Waals surface area (Å²) < 4.78 is 64.0. The molecule has 1 aromatic carbocycles. The molecule has 0 aromatic heterocycles. The first kappa shape index (κ1) is 13.4. The summed E-state index contributed by atoms with van der Waals surface area (Å²) in [5.41, 5.74) is -0.959. The first-order valence-corrected chi connectivity index (χ1v) is 4.39. The van der Waals surface area contributed by atoms with E-state index in [9.17, 15) is 26.7 Å². The summed E-state index contributed by atoms with van der Waals surface area (Å²) in [6.07, 6.45) is -7.97. The van der Waals surface area contributed by atoms with Gasteiger partial charge in [-0.25, -0.2) is 8.78 Å². The van der Waals surface area contributed by atoms with E-state index < -0.39 is 29.9 Å². The van der Waals surface area contributed by atoms with Gasteiger partial charge in [0.2, 0.25) is 0 Å². The van der Waals surface area contributed by atoms with Crippen LogP contribution in [0.1, 0.15) is 29.3 Å². The number of hydrogen-bond donors (Lipinski definition) is 0. The average Bonchev–Trinajstić information content (AvgIpc) is 2.14. The third kappa shape index (κ3) is 4.01. The van der Waals surface area contributed by atoms with Gasteiger partial charge in [0.15, 0.2) is 5.78 Å². The van der Waals surface area contributed by atoms with Crippen LogP contribution in [0.4, 0.5) is 22.0 Å². The highest BCUT2D eigenvalue weighted by molar-refractivity contribution is 5.94. The molecule has 0 N–H and O–H groups in total. The number of benzene rings is 1. The van der Waals surface area contributed by atoms with Crippen molar-refractivity contribution in [3.8, 4) is 5.75 Å². The lowest BCUT2D eigenvalue weighted by molar-refractivity contribution is -0.274. The summed E-state index contributed by atoms with van der Waals surface area (Å²) in [4.78, 5) is 11.0. The smallest absolute Gasteiger partial charge is 0.406 e. The standard InChI is InChI=1S/C10H7F5O2/c1-5(16)6-2-7(9(11)12)4-8(3-6)17-10(13,14)15/h2-4,9H,1H3. The van der Waals surface area contributed by atoms with E-state index in [1.54, 1.807) is 0 Å². The topological polar surface area (TPSA) is 26.3 Å². The highest BCUT2D eigenvalue weighted by atomic mass is 19.4. The molecular formula is C10H7F5O2. The maximum Gasteiger partial charge on any atom is 0.573 e. The Balaban J connectivity index is 3.17. The van der Waals surface area contributed by atoms with Crippen LogP contribution in [-0.4, -0.2) is 12.1 Å². The van der Waals surface area contributed by atoms with E-state index in [4.69, 9.17) is 0 Å². The quantitative estimate of drug-likeness (QED) is 0.607. The van der Waals surface area contributed by atoms with Crippen LogP contribution in [0.2, 0.25) is 0 Å². The lowest BCUT2D eigenvalue weighted by atomic mass is 10.1. The zero-order valence-electron chi connectivity index (χ0n) is 8.52. The van der Waals surface area contributed by atoms with Crippen molar-refractivity contribution >= 4 is 5.78 Å². The summed E-state index contributed by atoms with van der Waals surface area (Å²) in [6.45, 7) is 1.06. The highest BCUT2D eigenvalue weighted by Gasteiger charge is 2.31. The summed E-state index contributed by atoms with van der Waals surface area (Å²) in [7, 11) is 0. The van der Waals surface area contributed by atoms with Gasteiger partial charge in [-0.05, 0) is 25.1 Å². The Hall–Kier alpha value is -1.66. The van der Waals surface area contributed by atoms with E-state index in [1.807, 2.05) is 0 Å². The van der Waals surface area contributed by atoms with Crippen LogP contribution in [0.25, 0.3) is 0 Å². The summed E-state index contributed by atoms with van der Waals surface area (Å²) in [5.74, 6) is -1.46. The van der Waals surface area contributed by atoms with Gasteiger partial charge < -0.3 is 4.74 Å². The van der Waals surface area contributed by atoms with Crippen molar-refractivity contribution in [3.05, 3.63) is 29.3 Å². The van der Waals surface area contributed by atoms with Crippen LogP contribution in [0.3, 0.4) is 0 Å². The molecule has 1 aromatic rings. The second kappa shape index (κ2) is 4.68. The van der Waals surface area contributed by atoms with Crippen molar-refractivity contribution in [3.63, 3.8) is 0 Å². The zero-order chi connectivity index (χ0) is 13.2. The molecule has 0 spiro atoms. The van der Waals surface area contributed by atoms with Gasteiger partial charge in [0.1, 0.15) is 5.75 Å². The minimum atomic E-state index is -4.99. The molecule has 0 saturated heterocycles. The van der Waals surface area contributed by atoms with Crippen LogP contribution < -0.4 is 4.74 Å². The van der Waals surface area contributed by atoms with Crippen LogP contribution in [0.15, 0.2) is 18.2 Å². The van der Waals surface area contributed by atoms with Gasteiger partial charge in [0.25, 0.3) is 6.43 Å².